The Morgan fingerprint density at radius 2 is 2.09 bits per heavy atom. The number of methoxy groups -OCH3 is 1. The van der Waals surface area contributed by atoms with E-state index in [0.717, 1.165) is 45.4 Å². The van der Waals surface area contributed by atoms with Crippen LogP contribution in [0, 0.1) is 13.8 Å². The quantitative estimate of drug-likeness (QED) is 0.411. The van der Waals surface area contributed by atoms with Crippen LogP contribution in [-0.2, 0) is 0 Å². The van der Waals surface area contributed by atoms with Crippen molar-refractivity contribution >= 4 is 39.4 Å². The summed E-state index contributed by atoms with van der Waals surface area (Å²) in [6.45, 7) is 4.79. The molecule has 0 radical (unpaired) electrons. The molecule has 0 aliphatic carbocycles. The first-order valence-corrected chi connectivity index (χ1v) is 13.3. The molecule has 10 heteroatoms. The number of hydrogen-bond acceptors (Lipinski definition) is 7. The monoisotopic (exact) mass is 509 g/mol. The van der Waals surface area contributed by atoms with Gasteiger partial charge in [-0.05, 0) is 50.8 Å². The number of carbonyl (C=O) groups is 2. The summed E-state index contributed by atoms with van der Waals surface area (Å²) in [5.74, 6) is 0.472. The average Bonchev–Trinajstić information content (AvgIpc) is 3.56. The van der Waals surface area contributed by atoms with Crippen LogP contribution in [0.4, 0.5) is 0 Å². The van der Waals surface area contributed by atoms with Gasteiger partial charge < -0.3 is 15.0 Å². The standard InChI is InChI=1S/C25H27N5O3S2/c1-15-21(30-11-12-34-25(30)27-15)23(31)26-14-18-8-4-5-10-29(18)24(32)20-22(35-16(2)28-20)17-7-6-9-19(13-17)33-3/h6-7,9,11-13,18H,4-5,8,10,14H2,1-3H3,(H,26,31)/t18-/m0/s1. The van der Waals surface area contributed by atoms with Gasteiger partial charge >= 0.3 is 0 Å². The zero-order valence-corrected chi connectivity index (χ0v) is 21.5. The van der Waals surface area contributed by atoms with Crippen molar-refractivity contribution in [3.8, 4) is 16.2 Å². The largest absolute Gasteiger partial charge is 0.497 e. The van der Waals surface area contributed by atoms with Gasteiger partial charge in [0.2, 0.25) is 0 Å². The molecule has 1 N–H and O–H groups in total. The van der Waals surface area contributed by atoms with Gasteiger partial charge in [-0.25, -0.2) is 9.97 Å². The third kappa shape index (κ3) is 4.55. The van der Waals surface area contributed by atoms with E-state index >= 15 is 0 Å². The number of aromatic nitrogens is 3. The highest BCUT2D eigenvalue weighted by Crippen LogP contribution is 2.34. The van der Waals surface area contributed by atoms with Crippen LogP contribution in [-0.4, -0.2) is 57.3 Å². The molecule has 1 aromatic carbocycles. The number of likely N-dealkylation sites (tertiary alicyclic amines) is 1. The smallest absolute Gasteiger partial charge is 0.274 e. The van der Waals surface area contributed by atoms with E-state index in [1.54, 1.807) is 7.11 Å². The van der Waals surface area contributed by atoms with E-state index in [9.17, 15) is 9.59 Å². The summed E-state index contributed by atoms with van der Waals surface area (Å²) in [7, 11) is 1.63. The second kappa shape index (κ2) is 9.79. The minimum atomic E-state index is -0.173. The van der Waals surface area contributed by atoms with Crippen LogP contribution in [0.15, 0.2) is 35.8 Å². The molecular weight excluding hydrogens is 482 g/mol. The molecule has 3 aromatic heterocycles. The highest BCUT2D eigenvalue weighted by Gasteiger charge is 2.31. The molecule has 2 amide bonds. The molecule has 4 heterocycles. The number of piperidine rings is 1. The van der Waals surface area contributed by atoms with E-state index < -0.39 is 0 Å². The number of hydrogen-bond donors (Lipinski definition) is 1. The number of imidazole rings is 1. The van der Waals surface area contributed by atoms with Crippen molar-refractivity contribution in [2.24, 2.45) is 0 Å². The molecular formula is C25H27N5O3S2. The molecule has 8 nitrogen and oxygen atoms in total. The number of aryl methyl sites for hydroxylation is 2. The fourth-order valence-corrected chi connectivity index (χ4v) is 6.28. The molecule has 35 heavy (non-hydrogen) atoms. The maximum Gasteiger partial charge on any atom is 0.274 e. The van der Waals surface area contributed by atoms with Crippen molar-refractivity contribution in [3.05, 3.63) is 57.9 Å². The van der Waals surface area contributed by atoms with Crippen LogP contribution in [0.2, 0.25) is 0 Å². The summed E-state index contributed by atoms with van der Waals surface area (Å²) in [5.41, 5.74) is 2.62. The third-order valence-corrected chi connectivity index (χ3v) is 8.08. The van der Waals surface area contributed by atoms with Gasteiger partial charge in [0.05, 0.1) is 22.7 Å². The SMILES string of the molecule is COc1cccc(-c2sc(C)nc2C(=O)N2CCCC[C@H]2CNC(=O)c2c(C)nc3sccn23)c1. The second-order valence-electron chi connectivity index (χ2n) is 8.60. The van der Waals surface area contributed by atoms with Crippen LogP contribution in [0.25, 0.3) is 15.4 Å². The van der Waals surface area contributed by atoms with Gasteiger partial charge in [0.1, 0.15) is 17.1 Å². The first kappa shape index (κ1) is 23.5. The lowest BCUT2D eigenvalue weighted by Crippen LogP contribution is -2.49. The minimum absolute atomic E-state index is 0.0909. The van der Waals surface area contributed by atoms with Crippen molar-refractivity contribution in [2.75, 3.05) is 20.2 Å². The van der Waals surface area contributed by atoms with Crippen LogP contribution < -0.4 is 10.1 Å². The van der Waals surface area contributed by atoms with Gasteiger partial charge in [-0.3, -0.25) is 14.0 Å². The van der Waals surface area contributed by atoms with Crippen molar-refractivity contribution in [2.45, 2.75) is 39.2 Å². The molecule has 1 aliphatic heterocycles. The van der Waals surface area contributed by atoms with Gasteiger partial charge in [0, 0.05) is 30.7 Å². The summed E-state index contributed by atoms with van der Waals surface area (Å²) >= 11 is 3.00. The van der Waals surface area contributed by atoms with E-state index in [2.05, 4.69) is 15.3 Å². The summed E-state index contributed by atoms with van der Waals surface area (Å²) in [6, 6.07) is 7.61. The lowest BCUT2D eigenvalue weighted by atomic mass is 10.0. The number of carbonyl (C=O) groups excluding carboxylic acids is 2. The molecule has 4 aromatic rings. The highest BCUT2D eigenvalue weighted by atomic mass is 32.1. The van der Waals surface area contributed by atoms with Crippen LogP contribution in [0.3, 0.4) is 0 Å². The molecule has 1 fully saturated rings. The highest BCUT2D eigenvalue weighted by molar-refractivity contribution is 7.15. The van der Waals surface area contributed by atoms with E-state index in [-0.39, 0.29) is 17.9 Å². The van der Waals surface area contributed by atoms with E-state index in [4.69, 9.17) is 4.74 Å². The molecule has 0 bridgehead atoms. The Morgan fingerprint density at radius 1 is 1.23 bits per heavy atom. The lowest BCUT2D eigenvalue weighted by Gasteiger charge is -2.35. The number of fused-ring (bicyclic) bond motifs is 1. The molecule has 1 saturated heterocycles. The van der Waals surface area contributed by atoms with Crippen molar-refractivity contribution in [3.63, 3.8) is 0 Å². The molecule has 182 valence electrons. The first-order valence-electron chi connectivity index (χ1n) is 11.6. The Kier molecular flexibility index (Phi) is 6.57. The normalized spacial score (nSPS) is 16.0. The van der Waals surface area contributed by atoms with Crippen molar-refractivity contribution in [1.82, 2.24) is 24.6 Å². The fraction of sp³-hybridized carbons (Fsp3) is 0.360. The number of nitrogens with zero attached hydrogens (tertiary/aromatic N) is 4. The van der Waals surface area contributed by atoms with Crippen molar-refractivity contribution < 1.29 is 14.3 Å². The van der Waals surface area contributed by atoms with E-state index in [1.165, 1.54) is 22.7 Å². The predicted octanol–water partition coefficient (Wildman–Crippen LogP) is 4.57. The number of thiazole rings is 2. The third-order valence-electron chi connectivity index (χ3n) is 6.31. The summed E-state index contributed by atoms with van der Waals surface area (Å²) < 4.78 is 7.19. The minimum Gasteiger partial charge on any atom is -0.497 e. The Hall–Kier alpha value is -3.24. The van der Waals surface area contributed by atoms with Gasteiger partial charge in [0.25, 0.3) is 11.8 Å². The predicted molar refractivity (Wildman–Crippen MR) is 138 cm³/mol. The molecule has 1 aliphatic rings. The van der Waals surface area contributed by atoms with Crippen molar-refractivity contribution in [1.29, 1.82) is 0 Å². The number of nitrogens with one attached hydrogen (secondary N) is 1. The zero-order valence-electron chi connectivity index (χ0n) is 19.9. The summed E-state index contributed by atoms with van der Waals surface area (Å²) in [4.78, 5) is 39.4. The molecule has 1 atom stereocenters. The maximum atomic E-state index is 13.8. The number of rotatable bonds is 6. The Labute approximate surface area is 211 Å². The fourth-order valence-electron chi connectivity index (χ4n) is 4.61. The summed E-state index contributed by atoms with van der Waals surface area (Å²) in [5, 5.41) is 5.81. The Bertz CT molecular complexity index is 1390. The molecule has 5 rings (SSSR count). The zero-order chi connectivity index (χ0) is 24.5. The van der Waals surface area contributed by atoms with Crippen LogP contribution in [0.1, 0.15) is 50.9 Å². The van der Waals surface area contributed by atoms with Crippen LogP contribution in [0.5, 0.6) is 5.75 Å². The second-order valence-corrected chi connectivity index (χ2v) is 10.7. The Balaban J connectivity index is 1.36. The molecule has 0 unspecified atom stereocenters. The Morgan fingerprint density at radius 3 is 2.91 bits per heavy atom. The van der Waals surface area contributed by atoms with Gasteiger partial charge in [-0.2, -0.15) is 0 Å². The number of amides is 2. The topological polar surface area (TPSA) is 88.8 Å². The molecule has 0 saturated carbocycles. The average molecular weight is 510 g/mol. The first-order chi connectivity index (χ1) is 17.0. The van der Waals surface area contributed by atoms with E-state index in [0.29, 0.717) is 30.2 Å². The van der Waals surface area contributed by atoms with E-state index in [1.807, 2.05) is 59.0 Å². The van der Waals surface area contributed by atoms with Crippen LogP contribution >= 0.6 is 22.7 Å². The van der Waals surface area contributed by atoms with Gasteiger partial charge in [-0.1, -0.05) is 12.1 Å². The number of benzene rings is 1. The molecule has 0 spiro atoms. The van der Waals surface area contributed by atoms with Gasteiger partial charge in [-0.15, -0.1) is 22.7 Å². The number of ether oxygens (including phenoxy) is 1. The lowest BCUT2D eigenvalue weighted by molar-refractivity contribution is 0.0597. The van der Waals surface area contributed by atoms with Gasteiger partial charge in [0.15, 0.2) is 4.96 Å². The summed E-state index contributed by atoms with van der Waals surface area (Å²) in [6.07, 6.45) is 4.65. The maximum absolute atomic E-state index is 13.8.